The number of nitrogens with one attached hydrogen (secondary N) is 2. The van der Waals surface area contributed by atoms with Gasteiger partial charge >= 0.3 is 0 Å². The van der Waals surface area contributed by atoms with Gasteiger partial charge in [0, 0.05) is 17.5 Å². The number of furan rings is 1. The Morgan fingerprint density at radius 1 is 1.09 bits per heavy atom. The van der Waals surface area contributed by atoms with E-state index in [0.717, 1.165) is 12.0 Å². The number of hydrogen-bond donors (Lipinski definition) is 2. The third-order valence-corrected chi connectivity index (χ3v) is 5.98. The molecule has 0 atom stereocenters. The lowest BCUT2D eigenvalue weighted by atomic mass is 9.93. The number of carbonyl (C=O) groups is 2. The second-order valence-electron chi connectivity index (χ2n) is 7.46. The molecule has 33 heavy (non-hydrogen) atoms. The van der Waals surface area contributed by atoms with Crippen molar-refractivity contribution in [2.24, 2.45) is 5.10 Å². The zero-order valence-corrected chi connectivity index (χ0v) is 19.3. The summed E-state index contributed by atoms with van der Waals surface area (Å²) in [7, 11) is 0. The van der Waals surface area contributed by atoms with Crippen molar-refractivity contribution >= 4 is 46.4 Å². The van der Waals surface area contributed by atoms with Crippen molar-refractivity contribution in [1.82, 2.24) is 5.43 Å². The fraction of sp³-hybridized carbons (Fsp3) is 0.208. The van der Waals surface area contributed by atoms with Crippen LogP contribution in [0.3, 0.4) is 0 Å². The summed E-state index contributed by atoms with van der Waals surface area (Å²) in [5.74, 6) is 0.610. The van der Waals surface area contributed by atoms with E-state index < -0.39 is 5.91 Å². The van der Waals surface area contributed by atoms with Crippen LogP contribution in [0.4, 0.5) is 5.69 Å². The van der Waals surface area contributed by atoms with Crippen LogP contribution in [0.15, 0.2) is 58.0 Å². The minimum absolute atomic E-state index is 0.161. The van der Waals surface area contributed by atoms with Crippen molar-refractivity contribution in [2.75, 3.05) is 11.9 Å². The predicted octanol–water partition coefficient (Wildman–Crippen LogP) is 5.38. The van der Waals surface area contributed by atoms with Crippen LogP contribution in [0, 0.1) is 6.92 Å². The summed E-state index contributed by atoms with van der Waals surface area (Å²) in [5, 5.41) is 7.62. The molecule has 0 saturated carbocycles. The minimum Gasteiger partial charge on any atom is -0.484 e. The molecule has 2 amide bonds. The van der Waals surface area contributed by atoms with Gasteiger partial charge in [0.15, 0.2) is 12.4 Å². The molecule has 3 aromatic rings. The average molecular weight is 486 g/mol. The van der Waals surface area contributed by atoms with Gasteiger partial charge in [-0.3, -0.25) is 9.59 Å². The largest absolute Gasteiger partial charge is 0.484 e. The highest BCUT2D eigenvalue weighted by atomic mass is 35.5. The number of para-hydroxylation sites is 1. The Labute approximate surface area is 200 Å². The highest BCUT2D eigenvalue weighted by Crippen LogP contribution is 2.32. The van der Waals surface area contributed by atoms with Crippen molar-refractivity contribution < 1.29 is 18.7 Å². The van der Waals surface area contributed by atoms with E-state index in [1.807, 2.05) is 18.2 Å². The van der Waals surface area contributed by atoms with Crippen LogP contribution >= 0.6 is 23.2 Å². The number of hydrazone groups is 1. The highest BCUT2D eigenvalue weighted by molar-refractivity contribution is 6.44. The molecule has 0 bridgehead atoms. The van der Waals surface area contributed by atoms with E-state index in [-0.39, 0.29) is 23.3 Å². The lowest BCUT2D eigenvalue weighted by molar-refractivity contribution is -0.123. The lowest BCUT2D eigenvalue weighted by Crippen LogP contribution is -2.27. The molecule has 0 unspecified atom stereocenters. The summed E-state index contributed by atoms with van der Waals surface area (Å²) in [5.41, 5.74) is 4.97. The third-order valence-electron chi connectivity index (χ3n) is 5.16. The number of anilines is 1. The SMILES string of the molecule is Cc1c(C(=O)Nc2cccc(Cl)c2Cl)oc2c1/C(=N/NC(=O)COc1ccccc1)CCC2. The normalized spacial score (nSPS) is 14.0. The molecule has 0 aliphatic heterocycles. The maximum Gasteiger partial charge on any atom is 0.291 e. The number of ether oxygens (including phenoxy) is 1. The Bertz CT molecular complexity index is 1220. The molecular formula is C24H21Cl2N3O4. The van der Waals surface area contributed by atoms with Gasteiger partial charge in [-0.25, -0.2) is 5.43 Å². The van der Waals surface area contributed by atoms with Crippen LogP contribution < -0.4 is 15.5 Å². The number of nitrogens with zero attached hydrogens (tertiary/aromatic N) is 1. The molecule has 1 heterocycles. The average Bonchev–Trinajstić information content (AvgIpc) is 3.17. The number of amides is 2. The smallest absolute Gasteiger partial charge is 0.291 e. The number of rotatable bonds is 6. The van der Waals surface area contributed by atoms with E-state index in [9.17, 15) is 9.59 Å². The Morgan fingerprint density at radius 2 is 1.88 bits per heavy atom. The van der Waals surface area contributed by atoms with Gasteiger partial charge in [-0.2, -0.15) is 5.10 Å². The molecule has 1 aliphatic rings. The van der Waals surface area contributed by atoms with E-state index in [0.29, 0.717) is 46.3 Å². The summed E-state index contributed by atoms with van der Waals surface area (Å²) >= 11 is 12.2. The molecule has 0 fully saturated rings. The topological polar surface area (TPSA) is 92.9 Å². The molecule has 0 saturated heterocycles. The van der Waals surface area contributed by atoms with Gasteiger partial charge in [0.05, 0.1) is 21.4 Å². The fourth-order valence-corrected chi connectivity index (χ4v) is 3.95. The van der Waals surface area contributed by atoms with Gasteiger partial charge in [0.1, 0.15) is 11.5 Å². The third kappa shape index (κ3) is 5.21. The number of carbonyl (C=O) groups excluding carboxylic acids is 2. The van der Waals surface area contributed by atoms with Crippen LogP contribution in [0.1, 0.15) is 40.3 Å². The zero-order chi connectivity index (χ0) is 23.4. The standard InChI is InChI=1S/C24H21Cl2N3O4/c1-14-21-17(28-29-20(30)13-32-15-7-3-2-4-8-15)10-6-12-19(21)33-23(14)24(31)27-18-11-5-9-16(25)22(18)26/h2-5,7-9,11H,6,10,12-13H2,1H3,(H,27,31)(H,29,30)/b28-17+. The maximum absolute atomic E-state index is 12.9. The van der Waals surface area contributed by atoms with E-state index in [4.69, 9.17) is 32.4 Å². The van der Waals surface area contributed by atoms with Crippen molar-refractivity contribution in [3.8, 4) is 5.75 Å². The van der Waals surface area contributed by atoms with Crippen molar-refractivity contribution in [3.63, 3.8) is 0 Å². The molecular weight excluding hydrogens is 465 g/mol. The van der Waals surface area contributed by atoms with Gasteiger partial charge in [0.25, 0.3) is 11.8 Å². The molecule has 2 N–H and O–H groups in total. The van der Waals surface area contributed by atoms with E-state index in [1.54, 1.807) is 37.3 Å². The number of hydrogen-bond acceptors (Lipinski definition) is 5. The zero-order valence-electron chi connectivity index (χ0n) is 17.8. The summed E-state index contributed by atoms with van der Waals surface area (Å²) in [6, 6.07) is 14.0. The van der Waals surface area contributed by atoms with Crippen molar-refractivity contribution in [3.05, 3.63) is 81.2 Å². The molecule has 0 spiro atoms. The monoisotopic (exact) mass is 485 g/mol. The molecule has 1 aliphatic carbocycles. The van der Waals surface area contributed by atoms with Crippen LogP contribution in [0.5, 0.6) is 5.75 Å². The second-order valence-corrected chi connectivity index (χ2v) is 8.24. The van der Waals surface area contributed by atoms with Gasteiger partial charge in [-0.1, -0.05) is 47.5 Å². The van der Waals surface area contributed by atoms with Gasteiger partial charge in [-0.15, -0.1) is 0 Å². The van der Waals surface area contributed by atoms with Crippen LogP contribution in [0.2, 0.25) is 10.0 Å². The Balaban J connectivity index is 1.48. The van der Waals surface area contributed by atoms with Gasteiger partial charge < -0.3 is 14.5 Å². The summed E-state index contributed by atoms with van der Waals surface area (Å²) in [4.78, 5) is 25.1. The van der Waals surface area contributed by atoms with Crippen LogP contribution in [-0.4, -0.2) is 24.1 Å². The molecule has 4 rings (SSSR count). The number of benzene rings is 2. The predicted molar refractivity (Wildman–Crippen MR) is 127 cm³/mol. The molecule has 9 heteroatoms. The first kappa shape index (κ1) is 22.9. The highest BCUT2D eigenvalue weighted by Gasteiger charge is 2.28. The maximum atomic E-state index is 12.9. The number of aryl methyl sites for hydroxylation is 1. The Morgan fingerprint density at radius 3 is 2.67 bits per heavy atom. The van der Waals surface area contributed by atoms with E-state index in [2.05, 4.69) is 15.8 Å². The summed E-state index contributed by atoms with van der Waals surface area (Å²) in [6.45, 7) is 1.63. The Hall–Kier alpha value is -3.29. The minimum atomic E-state index is -0.439. The molecule has 1 aromatic heterocycles. The molecule has 170 valence electrons. The van der Waals surface area contributed by atoms with Crippen LogP contribution in [-0.2, 0) is 11.2 Å². The first-order chi connectivity index (χ1) is 15.9. The molecule has 7 nitrogen and oxygen atoms in total. The number of halogens is 2. The first-order valence-corrected chi connectivity index (χ1v) is 11.1. The summed E-state index contributed by atoms with van der Waals surface area (Å²) in [6.07, 6.45) is 2.11. The fourth-order valence-electron chi connectivity index (χ4n) is 3.60. The quantitative estimate of drug-likeness (QED) is 0.458. The second kappa shape index (κ2) is 10.1. The van der Waals surface area contributed by atoms with E-state index in [1.165, 1.54) is 0 Å². The molecule has 2 aromatic carbocycles. The molecule has 0 radical (unpaired) electrons. The van der Waals surface area contributed by atoms with Crippen molar-refractivity contribution in [2.45, 2.75) is 26.2 Å². The van der Waals surface area contributed by atoms with Gasteiger partial charge in [-0.05, 0) is 44.0 Å². The van der Waals surface area contributed by atoms with Crippen molar-refractivity contribution in [1.29, 1.82) is 0 Å². The first-order valence-electron chi connectivity index (χ1n) is 10.3. The summed E-state index contributed by atoms with van der Waals surface area (Å²) < 4.78 is 11.3. The Kier molecular flexibility index (Phi) is 7.01. The van der Waals surface area contributed by atoms with Crippen LogP contribution in [0.25, 0.3) is 0 Å². The number of fused-ring (bicyclic) bond motifs is 1. The lowest BCUT2D eigenvalue weighted by Gasteiger charge is -2.13. The van der Waals surface area contributed by atoms with Gasteiger partial charge in [0.2, 0.25) is 0 Å². The van der Waals surface area contributed by atoms with E-state index >= 15 is 0 Å².